The van der Waals surface area contributed by atoms with Gasteiger partial charge >= 0.3 is 10.2 Å². The number of hydrogen-bond acceptors (Lipinski definition) is 3. The lowest BCUT2D eigenvalue weighted by atomic mass is 9.94. The Hall–Kier alpha value is -1.27. The number of nitrogen functional groups attached to an aromatic ring is 1. The van der Waals surface area contributed by atoms with Gasteiger partial charge in [0.2, 0.25) is 0 Å². The normalized spacial score (nSPS) is 24.6. The van der Waals surface area contributed by atoms with Gasteiger partial charge in [-0.25, -0.2) is 0 Å². The summed E-state index contributed by atoms with van der Waals surface area (Å²) in [5.74, 6) is 0.784. The minimum absolute atomic E-state index is 0.392. The summed E-state index contributed by atoms with van der Waals surface area (Å²) in [5, 5.41) is 0. The molecule has 5 nitrogen and oxygen atoms in total. The van der Waals surface area contributed by atoms with Crippen LogP contribution < -0.4 is 10.5 Å². The van der Waals surface area contributed by atoms with Crippen LogP contribution in [-0.2, 0) is 10.2 Å². The highest BCUT2D eigenvalue weighted by Crippen LogP contribution is 2.25. The van der Waals surface area contributed by atoms with Crippen molar-refractivity contribution in [1.82, 2.24) is 4.31 Å². The maximum atomic E-state index is 12.4. The molecular weight excluding hydrogens is 274 g/mol. The Morgan fingerprint density at radius 1 is 1.25 bits per heavy atom. The van der Waals surface area contributed by atoms with Crippen molar-refractivity contribution in [3.8, 4) is 0 Å². The third kappa shape index (κ3) is 3.43. The number of benzene rings is 1. The molecule has 1 fully saturated rings. The first kappa shape index (κ1) is 15.1. The number of nitrogens with zero attached hydrogens (tertiary/aromatic N) is 1. The van der Waals surface area contributed by atoms with Crippen LogP contribution in [0.4, 0.5) is 11.4 Å². The molecule has 112 valence electrons. The van der Waals surface area contributed by atoms with E-state index in [9.17, 15) is 8.42 Å². The zero-order chi connectivity index (χ0) is 14.9. The van der Waals surface area contributed by atoms with Gasteiger partial charge in [-0.15, -0.1) is 0 Å². The van der Waals surface area contributed by atoms with Gasteiger partial charge in [-0.05, 0) is 48.9 Å². The van der Waals surface area contributed by atoms with Crippen molar-refractivity contribution < 1.29 is 8.42 Å². The zero-order valence-electron chi connectivity index (χ0n) is 12.3. The van der Waals surface area contributed by atoms with E-state index in [2.05, 4.69) is 18.6 Å². The van der Waals surface area contributed by atoms with Gasteiger partial charge in [0.15, 0.2) is 0 Å². The van der Waals surface area contributed by atoms with Crippen molar-refractivity contribution in [2.45, 2.75) is 27.2 Å². The van der Waals surface area contributed by atoms with E-state index in [-0.39, 0.29) is 0 Å². The van der Waals surface area contributed by atoms with Gasteiger partial charge in [-0.3, -0.25) is 4.72 Å². The average molecular weight is 297 g/mol. The van der Waals surface area contributed by atoms with Crippen molar-refractivity contribution in [2.75, 3.05) is 23.5 Å². The Labute approximate surface area is 121 Å². The fourth-order valence-corrected chi connectivity index (χ4v) is 4.21. The van der Waals surface area contributed by atoms with E-state index in [4.69, 9.17) is 5.73 Å². The molecule has 1 aromatic carbocycles. The molecule has 0 spiro atoms. The van der Waals surface area contributed by atoms with Gasteiger partial charge < -0.3 is 5.73 Å². The van der Waals surface area contributed by atoms with Crippen LogP contribution in [0.1, 0.15) is 25.8 Å². The van der Waals surface area contributed by atoms with Gasteiger partial charge in [-0.2, -0.15) is 12.7 Å². The first-order valence-corrected chi connectivity index (χ1v) is 8.36. The van der Waals surface area contributed by atoms with Gasteiger partial charge in [0, 0.05) is 18.8 Å². The number of piperidine rings is 1. The van der Waals surface area contributed by atoms with Crippen molar-refractivity contribution in [1.29, 1.82) is 0 Å². The van der Waals surface area contributed by atoms with Crippen LogP contribution in [0.2, 0.25) is 0 Å². The SMILES string of the molecule is Cc1cc(NS(=O)(=O)N2CC(C)CC(C)C2)ccc1N. The molecule has 0 amide bonds. The maximum absolute atomic E-state index is 12.4. The average Bonchev–Trinajstić information content (AvgIpc) is 2.32. The first-order valence-electron chi connectivity index (χ1n) is 6.92. The Bertz CT molecular complexity index is 576. The van der Waals surface area contributed by atoms with Crippen LogP contribution in [0.5, 0.6) is 0 Å². The highest BCUT2D eigenvalue weighted by atomic mass is 32.2. The van der Waals surface area contributed by atoms with Crippen LogP contribution in [0.15, 0.2) is 18.2 Å². The molecule has 20 heavy (non-hydrogen) atoms. The van der Waals surface area contributed by atoms with Gasteiger partial charge in [0.25, 0.3) is 0 Å². The van der Waals surface area contributed by atoms with Crippen LogP contribution in [0, 0.1) is 18.8 Å². The first-order chi connectivity index (χ1) is 9.28. The zero-order valence-corrected chi connectivity index (χ0v) is 13.1. The third-order valence-electron chi connectivity index (χ3n) is 3.69. The number of nitrogens with two attached hydrogens (primary N) is 1. The fraction of sp³-hybridized carbons (Fsp3) is 0.571. The minimum Gasteiger partial charge on any atom is -0.399 e. The predicted molar refractivity (Wildman–Crippen MR) is 82.7 cm³/mol. The van der Waals surface area contributed by atoms with Crippen molar-refractivity contribution in [2.24, 2.45) is 11.8 Å². The lowest BCUT2D eigenvalue weighted by molar-refractivity contribution is 0.223. The molecule has 1 aliphatic rings. The quantitative estimate of drug-likeness (QED) is 0.840. The van der Waals surface area contributed by atoms with Crippen LogP contribution in [0.25, 0.3) is 0 Å². The molecule has 0 aromatic heterocycles. The smallest absolute Gasteiger partial charge is 0.301 e. The summed E-state index contributed by atoms with van der Waals surface area (Å²) in [5.41, 5.74) is 7.83. The van der Waals surface area contributed by atoms with Gasteiger partial charge in [0.1, 0.15) is 0 Å². The highest BCUT2D eigenvalue weighted by Gasteiger charge is 2.30. The molecule has 1 heterocycles. The summed E-state index contributed by atoms with van der Waals surface area (Å²) in [4.78, 5) is 0. The Balaban J connectivity index is 2.16. The lowest BCUT2D eigenvalue weighted by Crippen LogP contribution is -2.45. The number of anilines is 2. The highest BCUT2D eigenvalue weighted by molar-refractivity contribution is 7.90. The van der Waals surface area contributed by atoms with Gasteiger partial charge in [0.05, 0.1) is 5.69 Å². The number of nitrogens with one attached hydrogen (secondary N) is 1. The molecule has 1 saturated heterocycles. The molecule has 3 N–H and O–H groups in total. The summed E-state index contributed by atoms with van der Waals surface area (Å²) >= 11 is 0. The number of hydrogen-bond donors (Lipinski definition) is 2. The van der Waals surface area contributed by atoms with Crippen LogP contribution in [0.3, 0.4) is 0 Å². The van der Waals surface area contributed by atoms with Crippen LogP contribution in [-0.4, -0.2) is 25.8 Å². The standard InChI is InChI=1S/C14H23N3O2S/c1-10-6-11(2)9-17(8-10)20(18,19)16-13-4-5-14(15)12(3)7-13/h4-5,7,10-11,16H,6,8-9,15H2,1-3H3. The van der Waals surface area contributed by atoms with Crippen molar-refractivity contribution >= 4 is 21.6 Å². The Kier molecular flexibility index (Phi) is 4.25. The molecule has 0 radical (unpaired) electrons. The minimum atomic E-state index is -3.49. The van der Waals surface area contributed by atoms with E-state index < -0.39 is 10.2 Å². The maximum Gasteiger partial charge on any atom is 0.301 e. The largest absolute Gasteiger partial charge is 0.399 e. The summed E-state index contributed by atoms with van der Waals surface area (Å²) in [6, 6.07) is 5.16. The molecular formula is C14H23N3O2S. The molecule has 1 aliphatic heterocycles. The van der Waals surface area contributed by atoms with E-state index >= 15 is 0 Å². The fourth-order valence-electron chi connectivity index (χ4n) is 2.75. The third-order valence-corrected chi connectivity index (χ3v) is 5.16. The van der Waals surface area contributed by atoms with E-state index in [1.165, 1.54) is 4.31 Å². The summed E-state index contributed by atoms with van der Waals surface area (Å²) < 4.78 is 29.0. The molecule has 0 bridgehead atoms. The molecule has 2 unspecified atom stereocenters. The second-order valence-corrected chi connectivity index (χ2v) is 7.61. The second-order valence-electron chi connectivity index (χ2n) is 5.94. The number of aryl methyl sites for hydroxylation is 1. The molecule has 0 aliphatic carbocycles. The summed E-state index contributed by atoms with van der Waals surface area (Å²) in [6.07, 6.45) is 1.08. The topological polar surface area (TPSA) is 75.4 Å². The molecule has 1 aromatic rings. The van der Waals surface area contributed by atoms with Crippen molar-refractivity contribution in [3.05, 3.63) is 23.8 Å². The Morgan fingerprint density at radius 2 is 1.85 bits per heavy atom. The second kappa shape index (κ2) is 5.61. The Morgan fingerprint density at radius 3 is 2.40 bits per heavy atom. The summed E-state index contributed by atoms with van der Waals surface area (Å²) in [6.45, 7) is 7.19. The van der Waals surface area contributed by atoms with E-state index in [1.807, 2.05) is 6.92 Å². The molecule has 2 rings (SSSR count). The molecule has 0 saturated carbocycles. The van der Waals surface area contributed by atoms with Crippen molar-refractivity contribution in [3.63, 3.8) is 0 Å². The van der Waals surface area contributed by atoms with Crippen LogP contribution >= 0.6 is 0 Å². The van der Waals surface area contributed by atoms with E-state index in [1.54, 1.807) is 18.2 Å². The predicted octanol–water partition coefficient (Wildman–Crippen LogP) is 2.21. The monoisotopic (exact) mass is 297 g/mol. The van der Waals surface area contributed by atoms with Gasteiger partial charge in [-0.1, -0.05) is 13.8 Å². The molecule has 2 atom stereocenters. The lowest BCUT2D eigenvalue weighted by Gasteiger charge is -2.34. The van der Waals surface area contributed by atoms with E-state index in [0.29, 0.717) is 36.3 Å². The number of rotatable bonds is 3. The molecule has 6 heteroatoms. The van der Waals surface area contributed by atoms with E-state index in [0.717, 1.165) is 12.0 Å². The summed E-state index contributed by atoms with van der Waals surface area (Å²) in [7, 11) is -3.49.